The zero-order valence-corrected chi connectivity index (χ0v) is 12.1. The maximum absolute atomic E-state index is 12.8. The Bertz CT molecular complexity index is 560. The molecule has 0 aliphatic heterocycles. The molecule has 0 fully saturated rings. The van der Waals surface area contributed by atoms with Gasteiger partial charge in [0.2, 0.25) is 13.3 Å². The van der Waals surface area contributed by atoms with Crippen molar-refractivity contribution in [2.75, 3.05) is 6.16 Å². The molecule has 0 aliphatic carbocycles. The Kier molecular flexibility index (Phi) is 6.05. The summed E-state index contributed by atoms with van der Waals surface area (Å²) in [4.78, 5) is 31.6. The van der Waals surface area contributed by atoms with Gasteiger partial charge in [0, 0.05) is 18.7 Å². The Labute approximate surface area is 121 Å². The zero-order valence-electron chi connectivity index (χ0n) is 11.2. The number of halogens is 1. The van der Waals surface area contributed by atoms with Crippen LogP contribution in [-0.2, 0) is 20.3 Å². The minimum Gasteiger partial charge on any atom is -0.481 e. The molecule has 1 rings (SSSR count). The van der Waals surface area contributed by atoms with Crippen molar-refractivity contribution in [1.82, 2.24) is 0 Å². The lowest BCUT2D eigenvalue weighted by molar-refractivity contribution is -0.141. The number of benzene rings is 1. The van der Waals surface area contributed by atoms with E-state index in [1.807, 2.05) is 0 Å². The molecule has 1 amide bonds. The van der Waals surface area contributed by atoms with Crippen LogP contribution >= 0.6 is 7.37 Å². The molecule has 4 N–H and O–H groups in total. The Morgan fingerprint density at radius 1 is 1.29 bits per heavy atom. The molecule has 0 bridgehead atoms. The molecule has 2 unspecified atom stereocenters. The first-order valence-electron chi connectivity index (χ1n) is 6.26. The summed E-state index contributed by atoms with van der Waals surface area (Å²) in [5, 5.41) is 9.02. The summed E-state index contributed by atoms with van der Waals surface area (Å²) in [7, 11) is -3.75. The standard InChI is InChI=1S/C13H17FNO5P/c14-11-4-1-9(2-5-11)7-21(19,20)8-10(13(17)18)3-6-12(15)16/h1-2,4-5,10H,3,6-8H2,(H2,15,16)(H,17,18)(H,19,20). The van der Waals surface area contributed by atoms with E-state index in [1.54, 1.807) is 0 Å². The lowest BCUT2D eigenvalue weighted by Crippen LogP contribution is -2.21. The van der Waals surface area contributed by atoms with Gasteiger partial charge in [-0.1, -0.05) is 12.1 Å². The summed E-state index contributed by atoms with van der Waals surface area (Å²) < 4.78 is 24.9. The van der Waals surface area contributed by atoms with Crippen LogP contribution in [0.5, 0.6) is 0 Å². The van der Waals surface area contributed by atoms with Crippen LogP contribution in [-0.4, -0.2) is 28.0 Å². The molecule has 0 aromatic heterocycles. The van der Waals surface area contributed by atoms with Gasteiger partial charge in [0.15, 0.2) is 0 Å². The van der Waals surface area contributed by atoms with Gasteiger partial charge in [-0.25, -0.2) is 4.39 Å². The summed E-state index contributed by atoms with van der Waals surface area (Å²) in [5.41, 5.74) is 5.39. The molecule has 1 aromatic rings. The fourth-order valence-electron chi connectivity index (χ4n) is 1.89. The number of primary amides is 1. The number of amides is 1. The van der Waals surface area contributed by atoms with Gasteiger partial charge in [0.1, 0.15) is 5.82 Å². The summed E-state index contributed by atoms with van der Waals surface area (Å²) in [6, 6.07) is 5.07. The van der Waals surface area contributed by atoms with E-state index < -0.39 is 37.1 Å². The van der Waals surface area contributed by atoms with Crippen molar-refractivity contribution in [1.29, 1.82) is 0 Å². The molecule has 1 aromatic carbocycles. The van der Waals surface area contributed by atoms with Crippen molar-refractivity contribution in [2.24, 2.45) is 11.7 Å². The van der Waals surface area contributed by atoms with E-state index in [0.717, 1.165) is 12.1 Å². The molecule has 0 spiro atoms. The molecule has 8 heteroatoms. The average molecular weight is 317 g/mol. The second kappa shape index (κ2) is 7.33. The number of hydrogen-bond donors (Lipinski definition) is 3. The topological polar surface area (TPSA) is 118 Å². The first-order chi connectivity index (χ1) is 9.69. The maximum atomic E-state index is 12.8. The Morgan fingerprint density at radius 2 is 1.86 bits per heavy atom. The lowest BCUT2D eigenvalue weighted by atomic mass is 10.1. The average Bonchev–Trinajstić information content (AvgIpc) is 2.36. The molecule has 0 aliphatic rings. The highest BCUT2D eigenvalue weighted by molar-refractivity contribution is 7.57. The van der Waals surface area contributed by atoms with Gasteiger partial charge in [-0.3, -0.25) is 14.2 Å². The van der Waals surface area contributed by atoms with Gasteiger partial charge >= 0.3 is 5.97 Å². The Morgan fingerprint density at radius 3 is 2.33 bits per heavy atom. The molecule has 6 nitrogen and oxygen atoms in total. The van der Waals surface area contributed by atoms with Crippen LogP contribution in [0.3, 0.4) is 0 Å². The van der Waals surface area contributed by atoms with E-state index in [-0.39, 0.29) is 19.0 Å². The van der Waals surface area contributed by atoms with Crippen LogP contribution < -0.4 is 5.73 Å². The quantitative estimate of drug-likeness (QED) is 0.629. The summed E-state index contributed by atoms with van der Waals surface area (Å²) >= 11 is 0. The zero-order chi connectivity index (χ0) is 16.0. The number of nitrogens with two attached hydrogens (primary N) is 1. The van der Waals surface area contributed by atoms with Gasteiger partial charge in [-0.15, -0.1) is 0 Å². The number of hydrogen-bond acceptors (Lipinski definition) is 3. The molecule has 0 saturated carbocycles. The second-order valence-corrected chi connectivity index (χ2v) is 7.23. The van der Waals surface area contributed by atoms with Crippen molar-refractivity contribution in [3.63, 3.8) is 0 Å². The number of rotatable bonds is 8. The summed E-state index contributed by atoms with van der Waals surface area (Å²) in [6.45, 7) is 0. The second-order valence-electron chi connectivity index (χ2n) is 4.85. The monoisotopic (exact) mass is 317 g/mol. The third-order valence-corrected chi connectivity index (χ3v) is 4.81. The molecular formula is C13H17FNO5P. The number of carboxylic acids is 1. The van der Waals surface area contributed by atoms with Crippen LogP contribution in [0.25, 0.3) is 0 Å². The van der Waals surface area contributed by atoms with Crippen LogP contribution in [0.2, 0.25) is 0 Å². The van der Waals surface area contributed by atoms with Crippen molar-refractivity contribution < 1.29 is 28.5 Å². The number of aliphatic carboxylic acids is 1. The summed E-state index contributed by atoms with van der Waals surface area (Å²) in [5.74, 6) is -3.48. The molecule has 0 heterocycles. The molecule has 0 radical (unpaired) electrons. The molecule has 21 heavy (non-hydrogen) atoms. The molecular weight excluding hydrogens is 300 g/mol. The highest BCUT2D eigenvalue weighted by Crippen LogP contribution is 2.46. The smallest absolute Gasteiger partial charge is 0.307 e. The SMILES string of the molecule is NC(=O)CCC(CP(=O)(O)Cc1ccc(F)cc1)C(=O)O. The van der Waals surface area contributed by atoms with Gasteiger partial charge in [-0.05, 0) is 24.1 Å². The van der Waals surface area contributed by atoms with Crippen LogP contribution in [0.4, 0.5) is 4.39 Å². The number of carboxylic acid groups (broad SMARTS) is 1. The highest BCUT2D eigenvalue weighted by atomic mass is 31.2. The molecule has 2 atom stereocenters. The van der Waals surface area contributed by atoms with Gasteiger partial charge in [-0.2, -0.15) is 0 Å². The molecule has 0 saturated heterocycles. The van der Waals surface area contributed by atoms with E-state index in [0.29, 0.717) is 5.56 Å². The van der Waals surface area contributed by atoms with E-state index in [2.05, 4.69) is 0 Å². The van der Waals surface area contributed by atoms with E-state index in [4.69, 9.17) is 10.8 Å². The van der Waals surface area contributed by atoms with Crippen molar-refractivity contribution >= 4 is 19.2 Å². The third-order valence-electron chi connectivity index (χ3n) is 2.94. The van der Waals surface area contributed by atoms with Crippen molar-refractivity contribution in [3.8, 4) is 0 Å². The van der Waals surface area contributed by atoms with Crippen LogP contribution in [0.15, 0.2) is 24.3 Å². The van der Waals surface area contributed by atoms with E-state index in [9.17, 15) is 23.4 Å². The third kappa shape index (κ3) is 6.51. The fraction of sp³-hybridized carbons (Fsp3) is 0.385. The fourth-order valence-corrected chi connectivity index (χ4v) is 3.83. The first-order valence-corrected chi connectivity index (χ1v) is 8.29. The van der Waals surface area contributed by atoms with Crippen LogP contribution in [0.1, 0.15) is 18.4 Å². The minimum absolute atomic E-state index is 0.0847. The largest absolute Gasteiger partial charge is 0.481 e. The van der Waals surface area contributed by atoms with Crippen molar-refractivity contribution in [2.45, 2.75) is 19.0 Å². The number of carbonyl (C=O) groups excluding carboxylic acids is 1. The Balaban J connectivity index is 2.71. The minimum atomic E-state index is -3.75. The van der Waals surface area contributed by atoms with Gasteiger partial charge in [0.05, 0.1) is 5.92 Å². The normalized spacial score (nSPS) is 15.1. The van der Waals surface area contributed by atoms with E-state index in [1.165, 1.54) is 12.1 Å². The predicted octanol–water partition coefficient (Wildman–Crippen LogP) is 1.56. The lowest BCUT2D eigenvalue weighted by Gasteiger charge is -2.17. The number of carbonyl (C=O) groups is 2. The predicted molar refractivity (Wildman–Crippen MR) is 74.4 cm³/mol. The molecule has 116 valence electrons. The van der Waals surface area contributed by atoms with Crippen molar-refractivity contribution in [3.05, 3.63) is 35.6 Å². The highest BCUT2D eigenvalue weighted by Gasteiger charge is 2.29. The van der Waals surface area contributed by atoms with Gasteiger partial charge < -0.3 is 15.7 Å². The summed E-state index contributed by atoms with van der Waals surface area (Å²) in [6.07, 6.45) is -0.938. The maximum Gasteiger partial charge on any atom is 0.307 e. The van der Waals surface area contributed by atoms with E-state index >= 15 is 0 Å². The Hall–Kier alpha value is -1.72. The first kappa shape index (κ1) is 17.3. The van der Waals surface area contributed by atoms with Gasteiger partial charge in [0.25, 0.3) is 0 Å². The van der Waals surface area contributed by atoms with Crippen LogP contribution in [0, 0.1) is 11.7 Å².